The van der Waals surface area contributed by atoms with Gasteiger partial charge in [-0.1, -0.05) is 0 Å². The van der Waals surface area contributed by atoms with E-state index in [-0.39, 0.29) is 15.8 Å². The van der Waals surface area contributed by atoms with Crippen molar-refractivity contribution in [2.24, 2.45) is 0 Å². The summed E-state index contributed by atoms with van der Waals surface area (Å²) < 4.78 is 24.9. The lowest BCUT2D eigenvalue weighted by molar-refractivity contribution is -0.386. The maximum absolute atomic E-state index is 12.5. The van der Waals surface area contributed by atoms with E-state index in [1.54, 1.807) is 28.7 Å². The molecule has 0 unspecified atom stereocenters. The number of nitro groups is 1. The van der Waals surface area contributed by atoms with Gasteiger partial charge in [-0.15, -0.1) is 0 Å². The van der Waals surface area contributed by atoms with Crippen molar-refractivity contribution in [1.29, 1.82) is 5.26 Å². The van der Waals surface area contributed by atoms with E-state index in [9.17, 15) is 18.9 Å². The van der Waals surface area contributed by atoms with Gasteiger partial charge in [0.25, 0.3) is 12.1 Å². The molecule has 0 aliphatic rings. The van der Waals surface area contributed by atoms with E-state index in [1.807, 2.05) is 0 Å². The Labute approximate surface area is 102 Å². The van der Waals surface area contributed by atoms with Crippen LogP contribution in [0.2, 0.25) is 0 Å². The lowest BCUT2D eigenvalue weighted by Gasteiger charge is -2.04. The minimum atomic E-state index is -2.82. The van der Waals surface area contributed by atoms with E-state index < -0.39 is 22.6 Å². The number of hydrogen-bond acceptors (Lipinski definition) is 4. The molecule has 0 aliphatic heterocycles. The summed E-state index contributed by atoms with van der Waals surface area (Å²) in [6, 6.07) is 2.47. The Morgan fingerprint density at radius 1 is 1.69 bits per heavy atom. The molecule has 0 N–H and O–H groups in total. The second-order valence-corrected chi connectivity index (χ2v) is 3.75. The monoisotopic (exact) mass is 339 g/mol. The summed E-state index contributed by atoms with van der Waals surface area (Å²) >= 11 is 1.56. The minimum Gasteiger partial charge on any atom is -0.258 e. The second kappa shape index (κ2) is 5.11. The largest absolute Gasteiger partial charge is 0.292 e. The number of nitrogens with zero attached hydrogens (tertiary/aromatic N) is 3. The zero-order valence-electron chi connectivity index (χ0n) is 7.65. The van der Waals surface area contributed by atoms with Crippen LogP contribution in [0.4, 0.5) is 14.5 Å². The highest BCUT2D eigenvalue weighted by atomic mass is 127. The molecule has 1 heterocycles. The Morgan fingerprint density at radius 3 is 2.75 bits per heavy atom. The quantitative estimate of drug-likeness (QED) is 0.367. The van der Waals surface area contributed by atoms with Crippen LogP contribution in [0.1, 0.15) is 17.7 Å². The Morgan fingerprint density at radius 2 is 2.31 bits per heavy atom. The average molecular weight is 339 g/mol. The van der Waals surface area contributed by atoms with Crippen LogP contribution in [0.25, 0.3) is 0 Å². The van der Waals surface area contributed by atoms with E-state index in [4.69, 9.17) is 5.26 Å². The molecule has 8 heteroatoms. The van der Waals surface area contributed by atoms with Crippen LogP contribution in [-0.2, 0) is 6.42 Å². The fraction of sp³-hybridized carbons (Fsp3) is 0.250. The fourth-order valence-electron chi connectivity index (χ4n) is 1.05. The van der Waals surface area contributed by atoms with Crippen molar-refractivity contribution in [2.45, 2.75) is 12.8 Å². The van der Waals surface area contributed by atoms with Crippen molar-refractivity contribution < 1.29 is 13.7 Å². The Balaban J connectivity index is 3.38. The van der Waals surface area contributed by atoms with E-state index in [1.165, 1.54) is 0 Å². The van der Waals surface area contributed by atoms with E-state index >= 15 is 0 Å². The Hall–Kier alpha value is -1.37. The Bertz CT molecular complexity index is 473. The normalized spacial score (nSPS) is 10.2. The number of rotatable bonds is 3. The number of pyridine rings is 1. The highest BCUT2D eigenvalue weighted by molar-refractivity contribution is 14.1. The van der Waals surface area contributed by atoms with Crippen molar-refractivity contribution >= 4 is 28.3 Å². The van der Waals surface area contributed by atoms with Crippen LogP contribution >= 0.6 is 22.6 Å². The summed E-state index contributed by atoms with van der Waals surface area (Å²) in [6.45, 7) is 0. The lowest BCUT2D eigenvalue weighted by atomic mass is 10.2. The predicted octanol–water partition coefficient (Wildman–Crippen LogP) is 2.60. The van der Waals surface area contributed by atoms with Gasteiger partial charge in [0.1, 0.15) is 9.39 Å². The fourth-order valence-corrected chi connectivity index (χ4v) is 1.73. The van der Waals surface area contributed by atoms with Crippen LogP contribution in [0.3, 0.4) is 0 Å². The van der Waals surface area contributed by atoms with Crippen molar-refractivity contribution in [3.63, 3.8) is 0 Å². The third-order valence-corrected chi connectivity index (χ3v) is 2.60. The molecule has 0 aliphatic carbocycles. The standard InChI is InChI=1S/C8H4F2IN3O2/c9-7(10)4-3-6(14(15)16)5(1-2-12)13-8(4)11/h3,7H,1H2. The summed E-state index contributed by atoms with van der Waals surface area (Å²) in [6.07, 6.45) is -3.11. The van der Waals surface area contributed by atoms with Gasteiger partial charge in [0.2, 0.25) is 0 Å². The molecule has 0 amide bonds. The molecular formula is C8H4F2IN3O2. The third-order valence-electron chi connectivity index (χ3n) is 1.74. The first kappa shape index (κ1) is 12.7. The molecule has 0 aromatic carbocycles. The van der Waals surface area contributed by atoms with Gasteiger partial charge in [0, 0.05) is 6.07 Å². The zero-order chi connectivity index (χ0) is 12.3. The molecular weight excluding hydrogens is 335 g/mol. The number of halogens is 3. The van der Waals surface area contributed by atoms with Gasteiger partial charge < -0.3 is 0 Å². The van der Waals surface area contributed by atoms with Crippen molar-refractivity contribution in [3.05, 3.63) is 31.1 Å². The SMILES string of the molecule is N#CCc1nc(I)c(C(F)F)cc1[N+](=O)[O-]. The maximum Gasteiger partial charge on any atom is 0.292 e. The third kappa shape index (κ3) is 2.60. The summed E-state index contributed by atoms with van der Waals surface area (Å²) in [7, 11) is 0. The molecule has 0 bridgehead atoms. The molecule has 16 heavy (non-hydrogen) atoms. The Kier molecular flexibility index (Phi) is 4.05. The van der Waals surface area contributed by atoms with Crippen molar-refractivity contribution in [1.82, 2.24) is 4.98 Å². The molecule has 0 saturated carbocycles. The van der Waals surface area contributed by atoms with Crippen LogP contribution in [0, 0.1) is 25.1 Å². The zero-order valence-corrected chi connectivity index (χ0v) is 9.81. The second-order valence-electron chi connectivity index (χ2n) is 2.73. The number of alkyl halides is 2. The molecule has 1 aromatic rings. The first-order valence-electron chi connectivity index (χ1n) is 3.96. The van der Waals surface area contributed by atoms with Crippen LogP contribution in [0.5, 0.6) is 0 Å². The molecule has 5 nitrogen and oxygen atoms in total. The summed E-state index contributed by atoms with van der Waals surface area (Å²) in [4.78, 5) is 13.4. The van der Waals surface area contributed by atoms with Crippen LogP contribution in [-0.4, -0.2) is 9.91 Å². The summed E-state index contributed by atoms with van der Waals surface area (Å²) in [5.74, 6) is 0. The average Bonchev–Trinajstić information content (AvgIpc) is 2.17. The van der Waals surface area contributed by atoms with Crippen LogP contribution in [0.15, 0.2) is 6.07 Å². The van der Waals surface area contributed by atoms with E-state index in [0.717, 1.165) is 6.07 Å². The molecule has 0 radical (unpaired) electrons. The molecule has 0 saturated heterocycles. The minimum absolute atomic E-state index is 0.0246. The summed E-state index contributed by atoms with van der Waals surface area (Å²) in [5.41, 5.74) is -1.13. The molecule has 1 rings (SSSR count). The van der Waals surface area contributed by atoms with Crippen molar-refractivity contribution in [3.8, 4) is 6.07 Å². The van der Waals surface area contributed by atoms with Gasteiger partial charge in [-0.2, -0.15) is 5.26 Å². The molecule has 84 valence electrons. The lowest BCUT2D eigenvalue weighted by Crippen LogP contribution is -2.03. The predicted molar refractivity (Wildman–Crippen MR) is 57.9 cm³/mol. The summed E-state index contributed by atoms with van der Waals surface area (Å²) in [5, 5.41) is 19.0. The molecule has 0 spiro atoms. The van der Waals surface area contributed by atoms with Gasteiger partial charge in [0.05, 0.1) is 23.0 Å². The number of nitriles is 1. The highest BCUT2D eigenvalue weighted by Crippen LogP contribution is 2.29. The molecule has 1 aromatic heterocycles. The van der Waals surface area contributed by atoms with Gasteiger partial charge in [0.15, 0.2) is 0 Å². The molecule has 0 atom stereocenters. The highest BCUT2D eigenvalue weighted by Gasteiger charge is 2.22. The molecule has 0 fully saturated rings. The van der Waals surface area contributed by atoms with Gasteiger partial charge >= 0.3 is 0 Å². The van der Waals surface area contributed by atoms with Gasteiger partial charge in [-0.05, 0) is 22.6 Å². The van der Waals surface area contributed by atoms with Crippen molar-refractivity contribution in [2.75, 3.05) is 0 Å². The smallest absolute Gasteiger partial charge is 0.258 e. The first-order valence-corrected chi connectivity index (χ1v) is 5.04. The van der Waals surface area contributed by atoms with E-state index in [2.05, 4.69) is 4.98 Å². The topological polar surface area (TPSA) is 79.8 Å². The maximum atomic E-state index is 12.5. The first-order chi connectivity index (χ1) is 7.47. The van der Waals surface area contributed by atoms with Gasteiger partial charge in [-0.25, -0.2) is 13.8 Å². The van der Waals surface area contributed by atoms with Crippen LogP contribution < -0.4 is 0 Å². The van der Waals surface area contributed by atoms with Gasteiger partial charge in [-0.3, -0.25) is 10.1 Å². The number of aromatic nitrogens is 1. The number of hydrogen-bond donors (Lipinski definition) is 0. The van der Waals surface area contributed by atoms with E-state index in [0.29, 0.717) is 0 Å².